The summed E-state index contributed by atoms with van der Waals surface area (Å²) in [4.78, 5) is 25.0. The number of nitrogens with zero attached hydrogens (tertiary/aromatic N) is 2. The first kappa shape index (κ1) is 22.6. The normalized spacial score (nSPS) is 13.1. The Hall–Kier alpha value is -3.55. The Labute approximate surface area is 192 Å². The predicted octanol–water partition coefficient (Wildman–Crippen LogP) is 4.80. The molecule has 1 aromatic carbocycles. The summed E-state index contributed by atoms with van der Waals surface area (Å²) >= 11 is 0. The van der Waals surface area contributed by atoms with E-state index in [-0.39, 0.29) is 18.9 Å². The van der Waals surface area contributed by atoms with E-state index in [1.165, 1.54) is 0 Å². The van der Waals surface area contributed by atoms with Gasteiger partial charge in [-0.25, -0.2) is 4.79 Å². The summed E-state index contributed by atoms with van der Waals surface area (Å²) in [6.07, 6.45) is 6.28. The first-order valence-corrected chi connectivity index (χ1v) is 11.3. The lowest BCUT2D eigenvalue weighted by Crippen LogP contribution is -2.15. The molecule has 0 bridgehead atoms. The van der Waals surface area contributed by atoms with Crippen molar-refractivity contribution in [1.82, 2.24) is 9.72 Å². The molecule has 8 heteroatoms. The van der Waals surface area contributed by atoms with E-state index in [9.17, 15) is 9.59 Å². The molecule has 2 aromatic heterocycles. The minimum absolute atomic E-state index is 0.196. The number of esters is 1. The van der Waals surface area contributed by atoms with Gasteiger partial charge in [0, 0.05) is 42.9 Å². The van der Waals surface area contributed by atoms with E-state index < -0.39 is 5.97 Å². The molecule has 1 N–H and O–H groups in total. The minimum atomic E-state index is -0.449. The molecule has 2 heterocycles. The van der Waals surface area contributed by atoms with Crippen LogP contribution < -0.4 is 10.1 Å². The molecule has 0 saturated heterocycles. The Morgan fingerprint density at radius 3 is 2.58 bits per heavy atom. The van der Waals surface area contributed by atoms with Crippen molar-refractivity contribution in [2.45, 2.75) is 52.0 Å². The number of aromatic nitrogens is 2. The van der Waals surface area contributed by atoms with Gasteiger partial charge in [-0.1, -0.05) is 5.16 Å². The Morgan fingerprint density at radius 2 is 1.94 bits per heavy atom. The van der Waals surface area contributed by atoms with Gasteiger partial charge < -0.3 is 23.9 Å². The van der Waals surface area contributed by atoms with Crippen molar-refractivity contribution in [1.29, 1.82) is 0 Å². The zero-order chi connectivity index (χ0) is 23.4. The van der Waals surface area contributed by atoms with E-state index in [0.29, 0.717) is 30.1 Å². The highest BCUT2D eigenvalue weighted by molar-refractivity contribution is 6.01. The molecule has 3 aromatic rings. The van der Waals surface area contributed by atoms with Crippen molar-refractivity contribution in [2.75, 3.05) is 19.0 Å². The molecule has 1 saturated carbocycles. The lowest BCUT2D eigenvalue weighted by atomic mass is 10.0. The molecule has 0 radical (unpaired) electrons. The molecule has 4 rings (SSSR count). The Morgan fingerprint density at radius 1 is 1.18 bits per heavy atom. The van der Waals surface area contributed by atoms with Crippen molar-refractivity contribution in [3.8, 4) is 17.0 Å². The second kappa shape index (κ2) is 9.94. The van der Waals surface area contributed by atoms with Crippen LogP contribution >= 0.6 is 0 Å². The van der Waals surface area contributed by atoms with Crippen LogP contribution in [0.1, 0.15) is 60.7 Å². The SMILES string of the molecule is CCOC(=O)c1cn(CC)cc1NC(=O)CCc1onc(-c2ccc(OC)cc2)c1C1CC1. The summed E-state index contributed by atoms with van der Waals surface area (Å²) in [5, 5.41) is 7.18. The van der Waals surface area contributed by atoms with E-state index in [1.807, 2.05) is 35.8 Å². The third-order valence-corrected chi connectivity index (χ3v) is 5.75. The number of aryl methyl sites for hydroxylation is 2. The number of benzene rings is 1. The Balaban J connectivity index is 1.46. The van der Waals surface area contributed by atoms with Gasteiger partial charge in [0.15, 0.2) is 0 Å². The fraction of sp³-hybridized carbons (Fsp3) is 0.400. The van der Waals surface area contributed by atoms with Crippen LogP contribution in [0.5, 0.6) is 5.75 Å². The lowest BCUT2D eigenvalue weighted by molar-refractivity contribution is -0.116. The highest BCUT2D eigenvalue weighted by Gasteiger charge is 2.33. The maximum absolute atomic E-state index is 12.7. The molecule has 0 unspecified atom stereocenters. The van der Waals surface area contributed by atoms with E-state index in [4.69, 9.17) is 14.0 Å². The molecular weight excluding hydrogens is 422 g/mol. The second-order valence-electron chi connectivity index (χ2n) is 8.06. The van der Waals surface area contributed by atoms with Crippen LogP contribution in [0.15, 0.2) is 41.2 Å². The van der Waals surface area contributed by atoms with Crippen LogP contribution in [-0.2, 0) is 22.5 Å². The summed E-state index contributed by atoms with van der Waals surface area (Å²) < 4.78 is 17.9. The Kier molecular flexibility index (Phi) is 6.82. The lowest BCUT2D eigenvalue weighted by Gasteiger charge is -2.07. The topological polar surface area (TPSA) is 95.6 Å². The molecule has 1 aliphatic rings. The van der Waals surface area contributed by atoms with Crippen molar-refractivity contribution in [3.63, 3.8) is 0 Å². The molecule has 174 valence electrons. The van der Waals surface area contributed by atoms with Gasteiger partial charge in [0.25, 0.3) is 0 Å². The largest absolute Gasteiger partial charge is 0.497 e. The van der Waals surface area contributed by atoms with Crippen LogP contribution in [0.2, 0.25) is 0 Å². The minimum Gasteiger partial charge on any atom is -0.497 e. The third kappa shape index (κ3) is 5.10. The summed E-state index contributed by atoms with van der Waals surface area (Å²) in [5.74, 6) is 1.30. The number of methoxy groups -OCH3 is 1. The zero-order valence-corrected chi connectivity index (χ0v) is 19.2. The van der Waals surface area contributed by atoms with Crippen LogP contribution in [0.3, 0.4) is 0 Å². The highest BCUT2D eigenvalue weighted by atomic mass is 16.5. The number of amides is 1. The van der Waals surface area contributed by atoms with Gasteiger partial charge in [-0.15, -0.1) is 0 Å². The van der Waals surface area contributed by atoms with Crippen molar-refractivity contribution >= 4 is 17.6 Å². The number of anilines is 1. The number of ether oxygens (including phenoxy) is 2. The molecular formula is C25H29N3O5. The van der Waals surface area contributed by atoms with Crippen LogP contribution in [0, 0.1) is 0 Å². The van der Waals surface area contributed by atoms with E-state index >= 15 is 0 Å². The molecule has 0 atom stereocenters. The van der Waals surface area contributed by atoms with Gasteiger partial charge >= 0.3 is 5.97 Å². The van der Waals surface area contributed by atoms with Gasteiger partial charge in [0.05, 0.1) is 19.4 Å². The summed E-state index contributed by atoms with van der Waals surface area (Å²) in [6, 6.07) is 7.73. The van der Waals surface area contributed by atoms with Crippen molar-refractivity contribution in [3.05, 3.63) is 53.5 Å². The average molecular weight is 452 g/mol. The van der Waals surface area contributed by atoms with Gasteiger partial charge in [-0.2, -0.15) is 0 Å². The molecule has 0 spiro atoms. The van der Waals surface area contributed by atoms with Gasteiger partial charge in [0.1, 0.15) is 22.8 Å². The van der Waals surface area contributed by atoms with Crippen LogP contribution in [0.25, 0.3) is 11.3 Å². The maximum Gasteiger partial charge on any atom is 0.341 e. The summed E-state index contributed by atoms with van der Waals surface area (Å²) in [5.41, 5.74) is 3.71. The molecule has 0 aliphatic heterocycles. The number of carbonyl (C=O) groups is 2. The number of carbonyl (C=O) groups excluding carboxylic acids is 2. The first-order chi connectivity index (χ1) is 16.0. The molecule has 1 amide bonds. The highest BCUT2D eigenvalue weighted by Crippen LogP contribution is 2.46. The number of rotatable bonds is 10. The molecule has 33 heavy (non-hydrogen) atoms. The van der Waals surface area contributed by atoms with Crippen LogP contribution in [-0.4, -0.2) is 35.3 Å². The van der Waals surface area contributed by atoms with E-state index in [1.54, 1.807) is 26.4 Å². The molecule has 1 fully saturated rings. The van der Waals surface area contributed by atoms with Gasteiger partial charge in [-0.05, 0) is 56.9 Å². The van der Waals surface area contributed by atoms with Crippen molar-refractivity contribution in [2.24, 2.45) is 0 Å². The number of hydrogen-bond acceptors (Lipinski definition) is 6. The van der Waals surface area contributed by atoms with E-state index in [0.717, 1.165) is 41.2 Å². The van der Waals surface area contributed by atoms with E-state index in [2.05, 4.69) is 10.5 Å². The number of nitrogens with one attached hydrogen (secondary N) is 1. The second-order valence-corrected chi connectivity index (χ2v) is 8.06. The van der Waals surface area contributed by atoms with Gasteiger partial charge in [0.2, 0.25) is 5.91 Å². The predicted molar refractivity (Wildman–Crippen MR) is 123 cm³/mol. The molecule has 1 aliphatic carbocycles. The zero-order valence-electron chi connectivity index (χ0n) is 19.2. The third-order valence-electron chi connectivity index (χ3n) is 5.75. The fourth-order valence-corrected chi connectivity index (χ4v) is 3.86. The van der Waals surface area contributed by atoms with Gasteiger partial charge in [-0.3, -0.25) is 4.79 Å². The number of hydrogen-bond donors (Lipinski definition) is 1. The van der Waals surface area contributed by atoms with Crippen LogP contribution in [0.4, 0.5) is 5.69 Å². The standard InChI is InChI=1S/C25H29N3O5/c1-4-28-14-19(25(30)32-5-2)20(15-28)26-22(29)13-12-21-23(16-6-7-16)24(27-33-21)17-8-10-18(31-3)11-9-17/h8-11,14-16H,4-7,12-13H2,1-3H3,(H,26,29). The smallest absolute Gasteiger partial charge is 0.341 e. The quantitative estimate of drug-likeness (QED) is 0.445. The maximum atomic E-state index is 12.7. The first-order valence-electron chi connectivity index (χ1n) is 11.3. The summed E-state index contributed by atoms with van der Waals surface area (Å²) in [6.45, 7) is 4.67. The summed E-state index contributed by atoms with van der Waals surface area (Å²) in [7, 11) is 1.64. The molecule has 8 nitrogen and oxygen atoms in total. The van der Waals surface area contributed by atoms with Crippen molar-refractivity contribution < 1.29 is 23.6 Å². The Bertz CT molecular complexity index is 1130. The monoisotopic (exact) mass is 451 g/mol. The fourth-order valence-electron chi connectivity index (χ4n) is 3.86. The average Bonchev–Trinajstić information content (AvgIpc) is 3.44.